The van der Waals surface area contributed by atoms with Crippen molar-refractivity contribution in [3.63, 3.8) is 0 Å². The third-order valence-corrected chi connectivity index (χ3v) is 7.14. The van der Waals surface area contributed by atoms with Crippen molar-refractivity contribution in [1.82, 2.24) is 14.8 Å². The Morgan fingerprint density at radius 3 is 2.67 bits per heavy atom. The van der Waals surface area contributed by atoms with Crippen LogP contribution in [0.15, 0.2) is 48.5 Å². The number of aromatic amines is 1. The predicted molar refractivity (Wildman–Crippen MR) is 131 cm³/mol. The molecule has 1 saturated heterocycles. The van der Waals surface area contributed by atoms with Crippen LogP contribution in [0, 0.1) is 0 Å². The number of nitrogens with one attached hydrogen (secondary N) is 1. The van der Waals surface area contributed by atoms with Gasteiger partial charge in [-0.2, -0.15) is 0 Å². The van der Waals surface area contributed by atoms with Crippen LogP contribution in [0.5, 0.6) is 11.5 Å². The van der Waals surface area contributed by atoms with Crippen LogP contribution in [0.25, 0.3) is 10.9 Å². The minimum absolute atomic E-state index is 0.132. The molecule has 0 aliphatic carbocycles. The number of rotatable bonds is 7. The summed E-state index contributed by atoms with van der Waals surface area (Å²) in [6.07, 6.45) is 2.00. The van der Waals surface area contributed by atoms with E-state index in [4.69, 9.17) is 9.47 Å². The number of nitrogens with zero attached hydrogens (tertiary/aromatic N) is 2. The van der Waals surface area contributed by atoms with Gasteiger partial charge in [0.15, 0.2) is 0 Å². The summed E-state index contributed by atoms with van der Waals surface area (Å²) in [5, 5.41) is 12.0. The molecular formula is C27H35N3O3. The zero-order valence-corrected chi connectivity index (χ0v) is 19.9. The molecule has 1 fully saturated rings. The fourth-order valence-corrected chi connectivity index (χ4v) is 5.66. The van der Waals surface area contributed by atoms with E-state index in [2.05, 4.69) is 26.9 Å². The van der Waals surface area contributed by atoms with Gasteiger partial charge in [0, 0.05) is 49.3 Å². The summed E-state index contributed by atoms with van der Waals surface area (Å²) in [7, 11) is 1.72. The van der Waals surface area contributed by atoms with Crippen LogP contribution in [-0.2, 0) is 12.0 Å². The highest BCUT2D eigenvalue weighted by atomic mass is 16.5. The lowest BCUT2D eigenvalue weighted by Gasteiger charge is -2.47. The fourth-order valence-electron chi connectivity index (χ4n) is 5.66. The predicted octanol–water partition coefficient (Wildman–Crippen LogP) is 3.79. The highest BCUT2D eigenvalue weighted by Gasteiger charge is 2.49. The van der Waals surface area contributed by atoms with Crippen LogP contribution < -0.4 is 9.47 Å². The van der Waals surface area contributed by atoms with Crippen molar-refractivity contribution in [2.45, 2.75) is 37.8 Å². The van der Waals surface area contributed by atoms with Crippen molar-refractivity contribution in [3.05, 3.63) is 59.8 Å². The summed E-state index contributed by atoms with van der Waals surface area (Å²) in [6, 6.07) is 16.3. The molecule has 1 atom stereocenters. The average molecular weight is 450 g/mol. The van der Waals surface area contributed by atoms with Crippen LogP contribution in [0.3, 0.4) is 0 Å². The Balaban J connectivity index is 1.42. The number of aromatic nitrogens is 1. The standard InChI is InChI=1S/C27H35N3O3/c1-26(2,31)18-30-13-11-22-23-17-21(32-3)9-10-24(23)28-25(22)27(30)12-14-29(19-27)15-16-33-20-7-5-4-6-8-20/h4-10,17,28,31H,11-16,18-19H2,1-3H3. The maximum atomic E-state index is 10.7. The summed E-state index contributed by atoms with van der Waals surface area (Å²) in [6.45, 7) is 8.91. The number of β-amino-alcohol motifs (C(OH)–C–C–N with tert-alkyl or cyclic N) is 1. The van der Waals surface area contributed by atoms with Gasteiger partial charge in [-0.1, -0.05) is 18.2 Å². The van der Waals surface area contributed by atoms with Crippen LogP contribution in [0.1, 0.15) is 31.5 Å². The van der Waals surface area contributed by atoms with E-state index in [0.717, 1.165) is 56.0 Å². The van der Waals surface area contributed by atoms with E-state index < -0.39 is 5.60 Å². The fraction of sp³-hybridized carbons (Fsp3) is 0.481. The molecule has 3 aromatic rings. The molecule has 0 amide bonds. The summed E-state index contributed by atoms with van der Waals surface area (Å²) in [5.41, 5.74) is 3.00. The van der Waals surface area contributed by atoms with Gasteiger partial charge in [-0.05, 0) is 62.6 Å². The van der Waals surface area contributed by atoms with Gasteiger partial charge >= 0.3 is 0 Å². The van der Waals surface area contributed by atoms with Gasteiger partial charge in [0.25, 0.3) is 0 Å². The largest absolute Gasteiger partial charge is 0.497 e. The Bertz CT molecular complexity index is 1100. The van der Waals surface area contributed by atoms with Gasteiger partial charge in [-0.15, -0.1) is 0 Å². The molecule has 2 aromatic carbocycles. The van der Waals surface area contributed by atoms with Crippen molar-refractivity contribution in [3.8, 4) is 11.5 Å². The molecule has 2 aliphatic heterocycles. The maximum Gasteiger partial charge on any atom is 0.119 e. The lowest BCUT2D eigenvalue weighted by atomic mass is 9.83. The van der Waals surface area contributed by atoms with Crippen LogP contribution in [-0.4, -0.2) is 71.9 Å². The molecule has 2 aliphatic rings. The number of H-pyrrole nitrogens is 1. The van der Waals surface area contributed by atoms with Gasteiger partial charge in [0.2, 0.25) is 0 Å². The molecule has 3 heterocycles. The maximum absolute atomic E-state index is 10.7. The van der Waals surface area contributed by atoms with Crippen molar-refractivity contribution in [1.29, 1.82) is 0 Å². The van der Waals surface area contributed by atoms with E-state index in [1.807, 2.05) is 50.2 Å². The molecule has 0 radical (unpaired) electrons. The van der Waals surface area contributed by atoms with Gasteiger partial charge in [0.1, 0.15) is 18.1 Å². The van der Waals surface area contributed by atoms with E-state index in [9.17, 15) is 5.11 Å². The van der Waals surface area contributed by atoms with Crippen molar-refractivity contribution in [2.24, 2.45) is 0 Å². The smallest absolute Gasteiger partial charge is 0.119 e. The summed E-state index contributed by atoms with van der Waals surface area (Å²) >= 11 is 0. The Morgan fingerprint density at radius 2 is 1.91 bits per heavy atom. The zero-order valence-electron chi connectivity index (χ0n) is 19.9. The second kappa shape index (κ2) is 8.67. The first kappa shape index (κ1) is 22.3. The van der Waals surface area contributed by atoms with E-state index in [1.54, 1.807) is 7.11 Å². The molecule has 1 aromatic heterocycles. The van der Waals surface area contributed by atoms with Crippen molar-refractivity contribution < 1.29 is 14.6 Å². The second-order valence-corrected chi connectivity index (χ2v) is 10.1. The summed E-state index contributed by atoms with van der Waals surface area (Å²) < 4.78 is 11.5. The molecular weight excluding hydrogens is 414 g/mol. The zero-order chi connectivity index (χ0) is 23.1. The molecule has 0 saturated carbocycles. The number of aliphatic hydroxyl groups is 1. The number of hydrogen-bond donors (Lipinski definition) is 2. The van der Waals surface area contributed by atoms with E-state index in [1.165, 1.54) is 16.6 Å². The number of ether oxygens (including phenoxy) is 2. The quantitative estimate of drug-likeness (QED) is 0.575. The van der Waals surface area contributed by atoms with Crippen LogP contribution >= 0.6 is 0 Å². The number of para-hydroxylation sites is 1. The van der Waals surface area contributed by atoms with Gasteiger partial charge in [-0.25, -0.2) is 0 Å². The summed E-state index contributed by atoms with van der Waals surface area (Å²) in [4.78, 5) is 8.80. The molecule has 2 N–H and O–H groups in total. The van der Waals surface area contributed by atoms with Crippen molar-refractivity contribution >= 4 is 10.9 Å². The minimum Gasteiger partial charge on any atom is -0.497 e. The van der Waals surface area contributed by atoms with E-state index in [0.29, 0.717) is 13.2 Å². The topological polar surface area (TPSA) is 61.0 Å². The lowest BCUT2D eigenvalue weighted by molar-refractivity contribution is -0.0182. The Kier molecular flexibility index (Phi) is 5.85. The molecule has 1 unspecified atom stereocenters. The number of methoxy groups -OCH3 is 1. The highest BCUT2D eigenvalue weighted by molar-refractivity contribution is 5.87. The lowest BCUT2D eigenvalue weighted by Crippen LogP contribution is -2.56. The number of likely N-dealkylation sites (tertiary alicyclic amines) is 1. The molecule has 5 rings (SSSR count). The van der Waals surface area contributed by atoms with Gasteiger partial charge in [-0.3, -0.25) is 9.80 Å². The highest BCUT2D eigenvalue weighted by Crippen LogP contribution is 2.45. The minimum atomic E-state index is -0.746. The first-order valence-electron chi connectivity index (χ1n) is 11.9. The van der Waals surface area contributed by atoms with Crippen LogP contribution in [0.2, 0.25) is 0 Å². The third-order valence-electron chi connectivity index (χ3n) is 7.14. The normalized spacial score (nSPS) is 21.6. The molecule has 6 heteroatoms. The SMILES string of the molecule is COc1ccc2[nH]c3c(c2c1)CCN(CC(C)(C)O)C31CCN(CCOc2ccccc2)C1. The van der Waals surface area contributed by atoms with Gasteiger partial charge < -0.3 is 19.6 Å². The average Bonchev–Trinajstić information content (AvgIpc) is 3.38. The molecule has 176 valence electrons. The van der Waals surface area contributed by atoms with E-state index >= 15 is 0 Å². The third kappa shape index (κ3) is 4.35. The molecule has 33 heavy (non-hydrogen) atoms. The summed E-state index contributed by atoms with van der Waals surface area (Å²) in [5.74, 6) is 1.81. The molecule has 1 spiro atoms. The van der Waals surface area contributed by atoms with Crippen molar-refractivity contribution in [2.75, 3.05) is 46.4 Å². The molecule has 0 bridgehead atoms. The Labute approximate surface area is 196 Å². The Morgan fingerprint density at radius 1 is 1.09 bits per heavy atom. The number of benzene rings is 2. The number of hydrogen-bond acceptors (Lipinski definition) is 5. The van der Waals surface area contributed by atoms with Gasteiger partial charge in [0.05, 0.1) is 18.2 Å². The Hall–Kier alpha value is -2.54. The number of fused-ring (bicyclic) bond motifs is 4. The van der Waals surface area contributed by atoms with Crippen LogP contribution in [0.4, 0.5) is 0 Å². The van der Waals surface area contributed by atoms with E-state index in [-0.39, 0.29) is 5.54 Å². The second-order valence-electron chi connectivity index (χ2n) is 10.1. The monoisotopic (exact) mass is 449 g/mol. The first-order chi connectivity index (χ1) is 15.9. The molecule has 6 nitrogen and oxygen atoms in total. The first-order valence-corrected chi connectivity index (χ1v) is 11.9.